The van der Waals surface area contributed by atoms with E-state index < -0.39 is 17.6 Å². The van der Waals surface area contributed by atoms with Crippen LogP contribution >= 0.6 is 0 Å². The number of phenols is 2. The van der Waals surface area contributed by atoms with Crippen LogP contribution in [0.3, 0.4) is 0 Å². The third kappa shape index (κ3) is 2.29. The predicted molar refractivity (Wildman–Crippen MR) is 105 cm³/mol. The van der Waals surface area contributed by atoms with Crippen LogP contribution in [-0.4, -0.2) is 16.2 Å². The van der Waals surface area contributed by atoms with Gasteiger partial charge in [0.2, 0.25) is 0 Å². The lowest BCUT2D eigenvalue weighted by molar-refractivity contribution is 0.0220. The van der Waals surface area contributed by atoms with Gasteiger partial charge < -0.3 is 25.4 Å². The minimum absolute atomic E-state index is 0.000915. The summed E-state index contributed by atoms with van der Waals surface area (Å²) < 4.78 is 12.1. The molecule has 3 aromatic carbocycles. The molecule has 0 saturated carbocycles. The smallest absolute Gasteiger partial charge is 0.340 e. The van der Waals surface area contributed by atoms with E-state index in [1.807, 2.05) is 19.1 Å². The summed E-state index contributed by atoms with van der Waals surface area (Å²) in [6.45, 7) is 1.94. The van der Waals surface area contributed by atoms with Crippen molar-refractivity contribution in [2.24, 2.45) is 5.73 Å². The molecule has 5 rings (SSSR count). The lowest BCUT2D eigenvalue weighted by Gasteiger charge is -2.38. The third-order valence-corrected chi connectivity index (χ3v) is 5.65. The number of fused-ring (bicyclic) bond motifs is 6. The van der Waals surface area contributed by atoms with Crippen molar-refractivity contribution < 1.29 is 24.5 Å². The second kappa shape index (κ2) is 5.99. The largest absolute Gasteiger partial charge is 0.508 e. The Labute approximate surface area is 167 Å². The minimum Gasteiger partial charge on any atom is -0.508 e. The summed E-state index contributed by atoms with van der Waals surface area (Å²) in [5.41, 5.74) is 8.09. The molecule has 3 aromatic rings. The molecule has 0 aromatic heterocycles. The summed E-state index contributed by atoms with van der Waals surface area (Å²) in [7, 11) is 0. The molecule has 2 aliphatic rings. The first-order valence-electron chi connectivity index (χ1n) is 9.43. The van der Waals surface area contributed by atoms with Gasteiger partial charge >= 0.3 is 5.97 Å². The molecule has 4 N–H and O–H groups in total. The Morgan fingerprint density at radius 1 is 1.00 bits per heavy atom. The third-order valence-electron chi connectivity index (χ3n) is 5.65. The lowest BCUT2D eigenvalue weighted by Crippen LogP contribution is -2.35. The van der Waals surface area contributed by atoms with E-state index in [1.54, 1.807) is 24.3 Å². The van der Waals surface area contributed by atoms with Crippen LogP contribution < -0.4 is 10.5 Å². The predicted octanol–water partition coefficient (Wildman–Crippen LogP) is 4.08. The Bertz CT molecular complexity index is 1170. The molecule has 0 radical (unpaired) electrons. The van der Waals surface area contributed by atoms with E-state index in [4.69, 9.17) is 15.2 Å². The number of carbonyl (C=O) groups is 1. The van der Waals surface area contributed by atoms with Crippen molar-refractivity contribution in [1.29, 1.82) is 0 Å². The quantitative estimate of drug-likeness (QED) is 0.571. The Morgan fingerprint density at radius 3 is 2.55 bits per heavy atom. The fourth-order valence-corrected chi connectivity index (χ4v) is 4.33. The SMILES string of the molecule is CCC(N)c1cc(O)cc2c1C1(OC(=O)c3ccccc31)c1ccc(O)cc1O2. The second-order valence-corrected chi connectivity index (χ2v) is 7.32. The molecule has 0 bridgehead atoms. The summed E-state index contributed by atoms with van der Waals surface area (Å²) in [6, 6.07) is 14.6. The molecular weight excluding hydrogens is 370 g/mol. The highest BCUT2D eigenvalue weighted by Crippen LogP contribution is 2.58. The molecule has 2 atom stereocenters. The molecule has 0 fully saturated rings. The van der Waals surface area contributed by atoms with E-state index in [0.717, 1.165) is 0 Å². The molecule has 29 heavy (non-hydrogen) atoms. The maximum Gasteiger partial charge on any atom is 0.340 e. The Balaban J connectivity index is 1.93. The molecule has 1 spiro atoms. The second-order valence-electron chi connectivity index (χ2n) is 7.32. The van der Waals surface area contributed by atoms with Crippen molar-refractivity contribution in [2.75, 3.05) is 0 Å². The first-order valence-corrected chi connectivity index (χ1v) is 9.43. The fraction of sp³-hybridized carbons (Fsp3) is 0.174. The van der Waals surface area contributed by atoms with Gasteiger partial charge in [0.1, 0.15) is 23.0 Å². The molecule has 0 aliphatic carbocycles. The summed E-state index contributed by atoms with van der Waals surface area (Å²) in [5, 5.41) is 20.3. The van der Waals surface area contributed by atoms with E-state index in [9.17, 15) is 15.0 Å². The van der Waals surface area contributed by atoms with E-state index in [-0.39, 0.29) is 11.5 Å². The van der Waals surface area contributed by atoms with Gasteiger partial charge in [-0.25, -0.2) is 4.79 Å². The molecular formula is C23H19NO5. The Morgan fingerprint density at radius 2 is 1.76 bits per heavy atom. The fourth-order valence-electron chi connectivity index (χ4n) is 4.33. The molecule has 6 nitrogen and oxygen atoms in total. The molecule has 0 saturated heterocycles. The summed E-state index contributed by atoms with van der Waals surface area (Å²) in [5.74, 6) is 0.260. The zero-order valence-corrected chi connectivity index (χ0v) is 15.7. The highest BCUT2D eigenvalue weighted by molar-refractivity contribution is 5.97. The molecule has 2 aliphatic heterocycles. The van der Waals surface area contributed by atoms with Gasteiger partial charge in [0, 0.05) is 29.3 Å². The van der Waals surface area contributed by atoms with Crippen LogP contribution in [0.2, 0.25) is 0 Å². The van der Waals surface area contributed by atoms with E-state index in [2.05, 4.69) is 0 Å². The highest BCUT2D eigenvalue weighted by Gasteiger charge is 2.54. The Kier molecular flexibility index (Phi) is 3.63. The van der Waals surface area contributed by atoms with E-state index in [0.29, 0.717) is 45.7 Å². The number of hydrogen-bond donors (Lipinski definition) is 3. The Hall–Kier alpha value is -3.51. The first kappa shape index (κ1) is 17.6. The van der Waals surface area contributed by atoms with Crippen LogP contribution in [0.25, 0.3) is 0 Å². The van der Waals surface area contributed by atoms with Gasteiger partial charge in [0.25, 0.3) is 0 Å². The molecule has 6 heteroatoms. The number of phenolic OH excluding ortho intramolecular Hbond substituents is 2. The zero-order valence-electron chi connectivity index (χ0n) is 15.7. The molecule has 146 valence electrons. The van der Waals surface area contributed by atoms with Crippen LogP contribution in [0, 0.1) is 0 Å². The van der Waals surface area contributed by atoms with E-state index in [1.165, 1.54) is 18.2 Å². The topological polar surface area (TPSA) is 102 Å². The maximum atomic E-state index is 12.9. The van der Waals surface area contributed by atoms with Crippen molar-refractivity contribution in [2.45, 2.75) is 25.0 Å². The summed E-state index contributed by atoms with van der Waals surface area (Å²) in [6.07, 6.45) is 0.615. The average Bonchev–Trinajstić information content (AvgIpc) is 2.99. The highest BCUT2D eigenvalue weighted by atomic mass is 16.6. The molecule has 0 amide bonds. The van der Waals surface area contributed by atoms with Crippen LogP contribution in [0.1, 0.15) is 52.0 Å². The van der Waals surface area contributed by atoms with Gasteiger partial charge in [0.05, 0.1) is 11.1 Å². The van der Waals surface area contributed by atoms with Gasteiger partial charge in [0.15, 0.2) is 5.60 Å². The number of rotatable bonds is 2. The number of benzene rings is 3. The molecule has 2 unspecified atom stereocenters. The standard InChI is InChI=1S/C23H19NO5/c1-2-18(24)15-9-13(26)11-20-21(15)23(17-8-7-12(25)10-19(17)28-20)16-6-4-3-5-14(16)22(27)29-23/h3-11,18,25-26H,2,24H2,1H3. The first-order chi connectivity index (χ1) is 14.0. The van der Waals surface area contributed by atoms with Crippen molar-refractivity contribution in [1.82, 2.24) is 0 Å². The van der Waals surface area contributed by atoms with Crippen LogP contribution in [0.15, 0.2) is 54.6 Å². The number of aromatic hydroxyl groups is 2. The summed E-state index contributed by atoms with van der Waals surface area (Å²) >= 11 is 0. The van der Waals surface area contributed by atoms with Gasteiger partial charge in [-0.05, 0) is 36.2 Å². The number of nitrogens with two attached hydrogens (primary N) is 1. The summed E-state index contributed by atoms with van der Waals surface area (Å²) in [4.78, 5) is 12.9. The van der Waals surface area contributed by atoms with Crippen molar-refractivity contribution in [3.63, 3.8) is 0 Å². The van der Waals surface area contributed by atoms with Gasteiger partial charge in [-0.15, -0.1) is 0 Å². The normalized spacial score (nSPS) is 19.7. The lowest BCUT2D eigenvalue weighted by atomic mass is 9.74. The van der Waals surface area contributed by atoms with Gasteiger partial charge in [-0.2, -0.15) is 0 Å². The van der Waals surface area contributed by atoms with Gasteiger partial charge in [-0.1, -0.05) is 25.1 Å². The number of carbonyl (C=O) groups excluding carboxylic acids is 1. The van der Waals surface area contributed by atoms with Crippen LogP contribution in [0.4, 0.5) is 0 Å². The average molecular weight is 389 g/mol. The number of ether oxygens (including phenoxy) is 2. The van der Waals surface area contributed by atoms with Crippen molar-refractivity contribution in [3.05, 3.63) is 82.4 Å². The zero-order chi connectivity index (χ0) is 20.3. The number of hydrogen-bond acceptors (Lipinski definition) is 6. The van der Waals surface area contributed by atoms with Crippen LogP contribution in [-0.2, 0) is 10.3 Å². The van der Waals surface area contributed by atoms with Gasteiger partial charge in [-0.3, -0.25) is 0 Å². The minimum atomic E-state index is -1.28. The molecule has 2 heterocycles. The van der Waals surface area contributed by atoms with Crippen LogP contribution in [0.5, 0.6) is 23.0 Å². The number of esters is 1. The van der Waals surface area contributed by atoms with E-state index >= 15 is 0 Å². The monoisotopic (exact) mass is 389 g/mol. The van der Waals surface area contributed by atoms with Crippen molar-refractivity contribution >= 4 is 5.97 Å². The van der Waals surface area contributed by atoms with Crippen molar-refractivity contribution in [3.8, 4) is 23.0 Å². The maximum absolute atomic E-state index is 12.9.